The molecule has 0 saturated heterocycles. The van der Waals surface area contributed by atoms with Crippen LogP contribution >= 0.6 is 23.2 Å². The van der Waals surface area contributed by atoms with Crippen molar-refractivity contribution in [1.82, 2.24) is 15.0 Å². The molecule has 1 aromatic rings. The first-order chi connectivity index (χ1) is 6.17. The molecule has 5 nitrogen and oxygen atoms in total. The molecule has 72 valence electrons. The molecule has 0 amide bonds. The van der Waals surface area contributed by atoms with Crippen molar-refractivity contribution in [1.29, 1.82) is 0 Å². The highest BCUT2D eigenvalue weighted by molar-refractivity contribution is 6.43. The first-order valence-electron chi connectivity index (χ1n) is 3.29. The Bertz CT molecular complexity index is 273. The molecule has 0 spiro atoms. The zero-order valence-corrected chi connectivity index (χ0v) is 8.50. The van der Waals surface area contributed by atoms with Gasteiger partial charge < -0.3 is 9.47 Å². The van der Waals surface area contributed by atoms with E-state index in [9.17, 15) is 0 Å². The van der Waals surface area contributed by atoms with Gasteiger partial charge in [0, 0.05) is 0 Å². The average molecular weight is 224 g/mol. The third-order valence-electron chi connectivity index (χ3n) is 1.17. The number of hydrogen-bond donors (Lipinski definition) is 0. The van der Waals surface area contributed by atoms with Gasteiger partial charge in [-0.15, -0.1) is 4.98 Å². The lowest BCUT2D eigenvalue weighted by Crippen LogP contribution is -2.03. The van der Waals surface area contributed by atoms with E-state index in [1.807, 2.05) is 0 Å². The lowest BCUT2D eigenvalue weighted by Gasteiger charge is -2.04. The average Bonchev–Trinajstić information content (AvgIpc) is 2.16. The summed E-state index contributed by atoms with van der Waals surface area (Å²) in [5, 5.41) is 0. The summed E-state index contributed by atoms with van der Waals surface area (Å²) < 4.78 is 9.58. The van der Waals surface area contributed by atoms with E-state index in [1.165, 1.54) is 14.2 Å². The molecule has 0 saturated carbocycles. The number of aromatic nitrogens is 3. The Balaban J connectivity index is 3.07. The van der Waals surface area contributed by atoms with E-state index >= 15 is 0 Å². The summed E-state index contributed by atoms with van der Waals surface area (Å²) in [5.41, 5.74) is 0. The maximum atomic E-state index is 5.56. The van der Waals surface area contributed by atoms with Crippen LogP contribution in [0.25, 0.3) is 0 Å². The van der Waals surface area contributed by atoms with Crippen molar-refractivity contribution in [3.8, 4) is 12.0 Å². The maximum absolute atomic E-state index is 5.56. The van der Waals surface area contributed by atoms with Gasteiger partial charge in [-0.25, -0.2) is 0 Å². The summed E-state index contributed by atoms with van der Waals surface area (Å²) in [4.78, 5) is 10.6. The summed E-state index contributed by atoms with van der Waals surface area (Å²) in [5.74, 6) is 0.201. The van der Waals surface area contributed by atoms with Gasteiger partial charge in [0.25, 0.3) is 0 Å². The second-order valence-electron chi connectivity index (χ2n) is 1.97. The Morgan fingerprint density at radius 1 is 1.00 bits per heavy atom. The number of hydrogen-bond acceptors (Lipinski definition) is 5. The number of halogens is 2. The van der Waals surface area contributed by atoms with Crippen molar-refractivity contribution in [2.24, 2.45) is 0 Å². The lowest BCUT2D eigenvalue weighted by molar-refractivity contribution is 0.337. The van der Waals surface area contributed by atoms with Crippen LogP contribution < -0.4 is 9.47 Å². The van der Waals surface area contributed by atoms with Crippen LogP contribution in [-0.2, 0) is 0 Å². The van der Waals surface area contributed by atoms with Gasteiger partial charge in [0.15, 0.2) is 10.7 Å². The molecule has 0 radical (unpaired) electrons. The van der Waals surface area contributed by atoms with Crippen LogP contribution in [0.1, 0.15) is 10.7 Å². The summed E-state index contributed by atoms with van der Waals surface area (Å²) in [6, 6.07) is 0.237. The lowest BCUT2D eigenvalue weighted by atomic mass is 10.7. The van der Waals surface area contributed by atoms with Crippen molar-refractivity contribution >= 4 is 23.2 Å². The molecule has 0 aliphatic rings. The molecule has 1 rings (SSSR count). The largest absolute Gasteiger partial charge is 0.467 e. The SMILES string of the molecule is COc1nc(OC)nc(C(Cl)Cl)n1. The smallest absolute Gasteiger partial charge is 0.322 e. The second-order valence-corrected chi connectivity index (χ2v) is 3.06. The van der Waals surface area contributed by atoms with Gasteiger partial charge in [-0.2, -0.15) is 9.97 Å². The van der Waals surface area contributed by atoms with Crippen LogP contribution in [0.15, 0.2) is 0 Å². The van der Waals surface area contributed by atoms with E-state index in [2.05, 4.69) is 15.0 Å². The van der Waals surface area contributed by atoms with E-state index in [-0.39, 0.29) is 17.8 Å². The van der Waals surface area contributed by atoms with E-state index in [0.717, 1.165) is 0 Å². The minimum atomic E-state index is -0.828. The zero-order chi connectivity index (χ0) is 9.84. The highest BCUT2D eigenvalue weighted by Gasteiger charge is 2.12. The Kier molecular flexibility index (Phi) is 3.50. The van der Waals surface area contributed by atoms with E-state index in [4.69, 9.17) is 32.7 Å². The molecule has 0 aliphatic carbocycles. The molecule has 0 fully saturated rings. The number of rotatable bonds is 3. The first kappa shape index (κ1) is 10.3. The molecule has 7 heteroatoms. The molecule has 0 N–H and O–H groups in total. The minimum Gasteiger partial charge on any atom is -0.467 e. The number of nitrogens with zero attached hydrogens (tertiary/aromatic N) is 3. The third kappa shape index (κ3) is 2.57. The van der Waals surface area contributed by atoms with Gasteiger partial charge in [0.05, 0.1) is 14.2 Å². The number of alkyl halides is 2. The van der Waals surface area contributed by atoms with Crippen molar-refractivity contribution in [3.63, 3.8) is 0 Å². The maximum Gasteiger partial charge on any atom is 0.322 e. The molecule has 0 bridgehead atoms. The van der Waals surface area contributed by atoms with Crippen LogP contribution in [0.2, 0.25) is 0 Å². The van der Waals surface area contributed by atoms with E-state index < -0.39 is 4.84 Å². The van der Waals surface area contributed by atoms with E-state index in [0.29, 0.717) is 0 Å². The molecule has 0 aliphatic heterocycles. The van der Waals surface area contributed by atoms with E-state index in [1.54, 1.807) is 0 Å². The van der Waals surface area contributed by atoms with Crippen LogP contribution in [0, 0.1) is 0 Å². The third-order valence-corrected chi connectivity index (χ3v) is 1.56. The number of methoxy groups -OCH3 is 2. The van der Waals surface area contributed by atoms with Crippen molar-refractivity contribution in [2.75, 3.05) is 14.2 Å². The highest BCUT2D eigenvalue weighted by atomic mass is 35.5. The molecule has 1 heterocycles. The van der Waals surface area contributed by atoms with Crippen molar-refractivity contribution in [2.45, 2.75) is 4.84 Å². The fourth-order valence-corrected chi connectivity index (χ4v) is 0.828. The normalized spacial score (nSPS) is 10.2. The predicted molar refractivity (Wildman–Crippen MR) is 47.4 cm³/mol. The minimum absolute atomic E-state index is 0.119. The molecular formula is C6H7Cl2N3O2. The van der Waals surface area contributed by atoms with Gasteiger partial charge in [-0.05, 0) is 0 Å². The van der Waals surface area contributed by atoms with Gasteiger partial charge >= 0.3 is 12.0 Å². The first-order valence-corrected chi connectivity index (χ1v) is 4.16. The highest BCUT2D eigenvalue weighted by Crippen LogP contribution is 2.23. The van der Waals surface area contributed by atoms with Crippen LogP contribution in [-0.4, -0.2) is 29.2 Å². The molecule has 0 aromatic carbocycles. The fourth-order valence-electron chi connectivity index (χ4n) is 0.633. The topological polar surface area (TPSA) is 57.1 Å². The standard InChI is InChI=1S/C6H7Cl2N3O2/c1-12-5-9-4(3(7)8)10-6(11-5)13-2/h3H,1-2H3. The van der Waals surface area contributed by atoms with Gasteiger partial charge in [0.1, 0.15) is 0 Å². The Morgan fingerprint density at radius 3 is 1.77 bits per heavy atom. The van der Waals surface area contributed by atoms with Crippen molar-refractivity contribution < 1.29 is 9.47 Å². The van der Waals surface area contributed by atoms with Gasteiger partial charge in [-0.1, -0.05) is 23.2 Å². The van der Waals surface area contributed by atoms with Gasteiger partial charge in [0.2, 0.25) is 0 Å². The Morgan fingerprint density at radius 2 is 1.46 bits per heavy atom. The summed E-state index contributed by atoms with van der Waals surface area (Å²) in [6.07, 6.45) is 0. The molecule has 1 aromatic heterocycles. The monoisotopic (exact) mass is 223 g/mol. The van der Waals surface area contributed by atoms with Crippen molar-refractivity contribution in [3.05, 3.63) is 5.82 Å². The number of ether oxygens (including phenoxy) is 2. The molecule has 13 heavy (non-hydrogen) atoms. The van der Waals surface area contributed by atoms with Crippen LogP contribution in [0.5, 0.6) is 12.0 Å². The van der Waals surface area contributed by atoms with Crippen LogP contribution in [0.4, 0.5) is 0 Å². The molecule has 0 atom stereocenters. The second kappa shape index (κ2) is 4.43. The van der Waals surface area contributed by atoms with Crippen LogP contribution in [0.3, 0.4) is 0 Å². The fraction of sp³-hybridized carbons (Fsp3) is 0.500. The summed E-state index contributed by atoms with van der Waals surface area (Å²) in [6.45, 7) is 0. The Labute approximate surface area is 85.0 Å². The summed E-state index contributed by atoms with van der Waals surface area (Å²) in [7, 11) is 2.85. The quantitative estimate of drug-likeness (QED) is 0.725. The van der Waals surface area contributed by atoms with Gasteiger partial charge in [-0.3, -0.25) is 0 Å². The summed E-state index contributed by atoms with van der Waals surface area (Å²) >= 11 is 11.1. The predicted octanol–water partition coefficient (Wildman–Crippen LogP) is 1.36. The zero-order valence-electron chi connectivity index (χ0n) is 6.99. The molecular weight excluding hydrogens is 217 g/mol. The Hall–Kier alpha value is -0.810. The molecule has 0 unspecified atom stereocenters.